The largest absolute Gasteiger partial charge is 0.466 e. The minimum atomic E-state index is -0.879. The van der Waals surface area contributed by atoms with Gasteiger partial charge in [-0.2, -0.15) is 0 Å². The van der Waals surface area contributed by atoms with E-state index in [1.807, 2.05) is 0 Å². The van der Waals surface area contributed by atoms with E-state index < -0.39 is 24.5 Å². The van der Waals surface area contributed by atoms with Crippen LogP contribution in [0.4, 0.5) is 4.39 Å². The normalized spacial score (nSPS) is 9.50. The van der Waals surface area contributed by atoms with Crippen LogP contribution in [0, 0.1) is 5.82 Å². The Hall–Kier alpha value is -2.60. The zero-order valence-corrected chi connectivity index (χ0v) is 10.7. The van der Waals surface area contributed by atoms with Gasteiger partial charge in [-0.05, 0) is 30.2 Å². The van der Waals surface area contributed by atoms with E-state index in [-0.39, 0.29) is 24.2 Å². The molecule has 0 heterocycles. The molecule has 0 fully saturated rings. The highest BCUT2D eigenvalue weighted by atomic mass is 19.1. The Morgan fingerprint density at radius 3 is 2.80 bits per heavy atom. The number of nitrogens with zero attached hydrogens (tertiary/aromatic N) is 3. The lowest BCUT2D eigenvalue weighted by Gasteiger charge is -2.08. The Morgan fingerprint density at radius 1 is 1.40 bits per heavy atom. The molecule has 0 aliphatic carbocycles. The highest BCUT2D eigenvalue weighted by Crippen LogP contribution is 2.14. The molecule has 0 aromatic heterocycles. The molecule has 0 N–H and O–H groups in total. The summed E-state index contributed by atoms with van der Waals surface area (Å²) in [4.78, 5) is 25.5. The zero-order valence-electron chi connectivity index (χ0n) is 10.7. The molecule has 0 unspecified atom stereocenters. The van der Waals surface area contributed by atoms with Gasteiger partial charge in [-0.3, -0.25) is 4.79 Å². The van der Waals surface area contributed by atoms with Crippen LogP contribution < -0.4 is 0 Å². The third-order valence-corrected chi connectivity index (χ3v) is 2.25. The first-order chi connectivity index (χ1) is 9.58. The second kappa shape index (κ2) is 7.75. The molecule has 106 valence electrons. The Kier molecular flexibility index (Phi) is 5.99. The predicted molar refractivity (Wildman–Crippen MR) is 66.2 cm³/mol. The van der Waals surface area contributed by atoms with Gasteiger partial charge in [-0.25, -0.2) is 9.18 Å². The van der Waals surface area contributed by atoms with Gasteiger partial charge in [-0.15, -0.1) is 0 Å². The van der Waals surface area contributed by atoms with E-state index in [4.69, 9.17) is 10.3 Å². The van der Waals surface area contributed by atoms with Crippen LogP contribution in [0.5, 0.6) is 0 Å². The third kappa shape index (κ3) is 4.58. The van der Waals surface area contributed by atoms with Crippen LogP contribution in [0.3, 0.4) is 0 Å². The van der Waals surface area contributed by atoms with Crippen LogP contribution in [0.15, 0.2) is 23.3 Å². The highest BCUT2D eigenvalue weighted by Gasteiger charge is 2.16. The first kappa shape index (κ1) is 15.5. The summed E-state index contributed by atoms with van der Waals surface area (Å²) in [5.41, 5.74) is 8.24. The molecular formula is C12H12FN3O4. The summed E-state index contributed by atoms with van der Waals surface area (Å²) < 4.78 is 22.6. The highest BCUT2D eigenvalue weighted by molar-refractivity contribution is 5.92. The predicted octanol–water partition coefficient (Wildman–Crippen LogP) is 2.36. The number of carbonyl (C=O) groups is 2. The molecule has 0 atom stereocenters. The molecule has 0 aliphatic rings. The van der Waals surface area contributed by atoms with Crippen molar-refractivity contribution in [2.45, 2.75) is 13.3 Å². The first-order valence-electron chi connectivity index (χ1n) is 5.70. The lowest BCUT2D eigenvalue weighted by Crippen LogP contribution is -2.13. The maximum absolute atomic E-state index is 13.2. The number of ether oxygens (including phenoxy) is 2. The van der Waals surface area contributed by atoms with Gasteiger partial charge in [-0.1, -0.05) is 11.2 Å². The van der Waals surface area contributed by atoms with E-state index in [2.05, 4.69) is 14.8 Å². The quantitative estimate of drug-likeness (QED) is 0.345. The summed E-state index contributed by atoms with van der Waals surface area (Å²) in [6.45, 7) is 1.35. The van der Waals surface area contributed by atoms with Crippen LogP contribution in [0.25, 0.3) is 10.4 Å². The van der Waals surface area contributed by atoms with Crippen molar-refractivity contribution in [2.24, 2.45) is 5.11 Å². The number of halogens is 1. The van der Waals surface area contributed by atoms with Crippen LogP contribution in [0.1, 0.15) is 22.8 Å². The Morgan fingerprint density at radius 2 is 2.15 bits per heavy atom. The van der Waals surface area contributed by atoms with E-state index >= 15 is 0 Å². The summed E-state index contributed by atoms with van der Waals surface area (Å²) in [6.07, 6.45) is -0.180. The molecule has 0 amide bonds. The van der Waals surface area contributed by atoms with Gasteiger partial charge in [0.2, 0.25) is 0 Å². The van der Waals surface area contributed by atoms with Gasteiger partial charge in [0.15, 0.2) is 6.73 Å². The maximum Gasteiger partial charge on any atom is 0.338 e. The average molecular weight is 281 g/mol. The van der Waals surface area contributed by atoms with Crippen molar-refractivity contribution in [1.29, 1.82) is 0 Å². The van der Waals surface area contributed by atoms with Crippen LogP contribution >= 0.6 is 0 Å². The Bertz CT molecular complexity index is 556. The molecule has 0 radical (unpaired) electrons. The fraction of sp³-hybridized carbons (Fsp3) is 0.333. The number of benzene rings is 1. The van der Waals surface area contributed by atoms with Crippen molar-refractivity contribution in [1.82, 2.24) is 0 Å². The molecule has 0 bridgehead atoms. The minimum Gasteiger partial charge on any atom is -0.466 e. The van der Waals surface area contributed by atoms with Gasteiger partial charge in [0, 0.05) is 4.91 Å². The van der Waals surface area contributed by atoms with Crippen molar-refractivity contribution in [2.75, 3.05) is 13.3 Å². The lowest BCUT2D eigenvalue weighted by molar-refractivity contribution is -0.142. The second-order valence-electron chi connectivity index (χ2n) is 3.58. The van der Waals surface area contributed by atoms with Crippen molar-refractivity contribution >= 4 is 11.9 Å². The molecule has 20 heavy (non-hydrogen) atoms. The van der Waals surface area contributed by atoms with Gasteiger partial charge >= 0.3 is 11.9 Å². The van der Waals surface area contributed by atoms with Crippen molar-refractivity contribution < 1.29 is 23.5 Å². The monoisotopic (exact) mass is 281 g/mol. The fourth-order valence-corrected chi connectivity index (χ4v) is 1.45. The molecule has 1 aromatic carbocycles. The molecule has 0 aliphatic heterocycles. The van der Waals surface area contributed by atoms with E-state index in [1.54, 1.807) is 6.92 Å². The van der Waals surface area contributed by atoms with Crippen molar-refractivity contribution in [3.05, 3.63) is 45.6 Å². The summed E-state index contributed by atoms with van der Waals surface area (Å²) >= 11 is 0. The second-order valence-corrected chi connectivity index (χ2v) is 3.58. The molecule has 7 nitrogen and oxygen atoms in total. The molecule has 0 spiro atoms. The van der Waals surface area contributed by atoms with E-state index in [9.17, 15) is 14.0 Å². The SMILES string of the molecule is CCOC(=O)Cc1ccc(F)cc1C(=O)OCN=[N+]=[N-]. The molecule has 0 saturated carbocycles. The topological polar surface area (TPSA) is 101 Å². The summed E-state index contributed by atoms with van der Waals surface area (Å²) in [5.74, 6) is -2.06. The van der Waals surface area contributed by atoms with Crippen LogP contribution in [-0.2, 0) is 20.7 Å². The molecule has 1 aromatic rings. The molecular weight excluding hydrogens is 269 g/mol. The van der Waals surface area contributed by atoms with Crippen molar-refractivity contribution in [3.8, 4) is 0 Å². The fourth-order valence-electron chi connectivity index (χ4n) is 1.45. The standard InChI is InChI=1S/C12H12FN3O4/c1-2-19-11(17)5-8-3-4-9(13)6-10(8)12(18)20-7-15-16-14/h3-4,6H,2,5,7H2,1H3. The molecule has 0 saturated heterocycles. The van der Waals surface area contributed by atoms with E-state index in [0.717, 1.165) is 12.1 Å². The summed E-state index contributed by atoms with van der Waals surface area (Å²) in [7, 11) is 0. The average Bonchev–Trinajstić information content (AvgIpc) is 2.41. The van der Waals surface area contributed by atoms with Gasteiger partial charge < -0.3 is 9.47 Å². The molecule has 1 rings (SSSR count). The third-order valence-electron chi connectivity index (χ3n) is 2.25. The number of azide groups is 1. The van der Waals surface area contributed by atoms with E-state index in [0.29, 0.717) is 0 Å². The summed E-state index contributed by atoms with van der Waals surface area (Å²) in [6, 6.07) is 3.38. The first-order valence-corrected chi connectivity index (χ1v) is 5.70. The zero-order chi connectivity index (χ0) is 15.0. The van der Waals surface area contributed by atoms with Gasteiger partial charge in [0.25, 0.3) is 0 Å². The number of carbonyl (C=O) groups excluding carboxylic acids is 2. The molecule has 8 heteroatoms. The smallest absolute Gasteiger partial charge is 0.338 e. The number of esters is 2. The number of hydrogen-bond donors (Lipinski definition) is 0. The Balaban J connectivity index is 2.91. The Labute approximate surface area is 113 Å². The summed E-state index contributed by atoms with van der Waals surface area (Å²) in [5, 5.41) is 3.03. The lowest BCUT2D eigenvalue weighted by atomic mass is 10.0. The van der Waals surface area contributed by atoms with Crippen molar-refractivity contribution in [3.63, 3.8) is 0 Å². The number of hydrogen-bond acceptors (Lipinski definition) is 5. The van der Waals surface area contributed by atoms with Crippen LogP contribution in [-0.4, -0.2) is 25.3 Å². The number of rotatable bonds is 6. The van der Waals surface area contributed by atoms with Crippen LogP contribution in [0.2, 0.25) is 0 Å². The van der Waals surface area contributed by atoms with E-state index in [1.165, 1.54) is 6.07 Å². The maximum atomic E-state index is 13.2. The minimum absolute atomic E-state index is 0.105. The van der Waals surface area contributed by atoms with Gasteiger partial charge in [0.05, 0.1) is 18.6 Å². The van der Waals surface area contributed by atoms with Gasteiger partial charge in [0.1, 0.15) is 5.82 Å².